The molecule has 0 aromatic heterocycles. The summed E-state index contributed by atoms with van der Waals surface area (Å²) in [6, 6.07) is 0. The van der Waals surface area contributed by atoms with Crippen LogP contribution in [0.5, 0.6) is 0 Å². The van der Waals surface area contributed by atoms with E-state index in [1.165, 1.54) is 19.4 Å². The molecule has 2 aliphatic rings. The molecule has 7 nitrogen and oxygen atoms in total. The highest BCUT2D eigenvalue weighted by Gasteiger charge is 2.26. The Morgan fingerprint density at radius 2 is 1.85 bits per heavy atom. The van der Waals surface area contributed by atoms with E-state index in [2.05, 4.69) is 29.0 Å². The number of hydrogen-bond acceptors (Lipinski definition) is 5. The summed E-state index contributed by atoms with van der Waals surface area (Å²) in [6.45, 7) is 16.0. The van der Waals surface area contributed by atoms with E-state index in [0.717, 1.165) is 70.8 Å². The Bertz CT molecular complexity index is 403. The molecule has 0 saturated carbocycles. The molecule has 2 rings (SSSR count). The van der Waals surface area contributed by atoms with Gasteiger partial charge in [0, 0.05) is 45.9 Å². The number of aliphatic imine (C=N–C) groups is 1. The van der Waals surface area contributed by atoms with E-state index in [1.807, 2.05) is 0 Å². The lowest BCUT2D eigenvalue weighted by atomic mass is 10.1. The molecule has 2 fully saturated rings. The minimum Gasteiger partial charge on any atom is -0.379 e. The fourth-order valence-corrected chi connectivity index (χ4v) is 3.53. The van der Waals surface area contributed by atoms with Crippen LogP contribution in [0.3, 0.4) is 0 Å². The zero-order valence-electron chi connectivity index (χ0n) is 17.5. The normalized spacial score (nSPS) is 21.8. The van der Waals surface area contributed by atoms with Crippen LogP contribution in [0, 0.1) is 5.92 Å². The third kappa shape index (κ3) is 9.23. The lowest BCUT2D eigenvalue weighted by Crippen LogP contribution is -2.42. The molecule has 0 aromatic carbocycles. The Morgan fingerprint density at radius 3 is 2.59 bits per heavy atom. The molecule has 27 heavy (non-hydrogen) atoms. The van der Waals surface area contributed by atoms with E-state index < -0.39 is 0 Å². The van der Waals surface area contributed by atoms with Crippen LogP contribution in [0.4, 0.5) is 0 Å². The van der Waals surface area contributed by atoms with Crippen molar-refractivity contribution in [3.8, 4) is 0 Å². The summed E-state index contributed by atoms with van der Waals surface area (Å²) in [5, 5.41) is 3.44. The van der Waals surface area contributed by atoms with Crippen LogP contribution < -0.4 is 5.32 Å². The molecule has 2 heterocycles. The molecule has 0 spiro atoms. The maximum atomic E-state index is 5.63. The maximum absolute atomic E-state index is 5.63. The van der Waals surface area contributed by atoms with Crippen LogP contribution >= 0.6 is 0 Å². The highest BCUT2D eigenvalue weighted by atomic mass is 16.5. The second-order valence-electron chi connectivity index (χ2n) is 7.33. The van der Waals surface area contributed by atoms with Crippen molar-refractivity contribution in [3.63, 3.8) is 0 Å². The summed E-state index contributed by atoms with van der Waals surface area (Å²) in [6.07, 6.45) is 3.54. The summed E-state index contributed by atoms with van der Waals surface area (Å²) in [5.41, 5.74) is 0. The molecule has 0 amide bonds. The highest BCUT2D eigenvalue weighted by molar-refractivity contribution is 5.80. The number of nitrogens with zero attached hydrogens (tertiary/aromatic N) is 3. The van der Waals surface area contributed by atoms with Gasteiger partial charge in [0.1, 0.15) is 0 Å². The number of morpholine rings is 1. The molecule has 7 heteroatoms. The Hall–Kier alpha value is -0.890. The molecule has 1 atom stereocenters. The van der Waals surface area contributed by atoms with Crippen molar-refractivity contribution in [2.75, 3.05) is 85.5 Å². The third-order valence-electron chi connectivity index (χ3n) is 5.05. The molecule has 158 valence electrons. The minimum absolute atomic E-state index is 0.650. The number of hydrogen-bond donors (Lipinski definition) is 1. The van der Waals surface area contributed by atoms with E-state index in [4.69, 9.17) is 19.2 Å². The molecule has 0 aliphatic carbocycles. The van der Waals surface area contributed by atoms with Crippen LogP contribution in [0.25, 0.3) is 0 Å². The first-order chi connectivity index (χ1) is 13.3. The Labute approximate surface area is 165 Å². The van der Waals surface area contributed by atoms with Crippen LogP contribution in [0.2, 0.25) is 0 Å². The van der Waals surface area contributed by atoms with Crippen molar-refractivity contribution in [2.45, 2.75) is 33.1 Å². The van der Waals surface area contributed by atoms with Gasteiger partial charge in [0.15, 0.2) is 5.96 Å². The van der Waals surface area contributed by atoms with Crippen molar-refractivity contribution in [1.82, 2.24) is 15.1 Å². The summed E-state index contributed by atoms with van der Waals surface area (Å²) in [5.74, 6) is 1.76. The Balaban J connectivity index is 1.62. The first-order valence-corrected chi connectivity index (χ1v) is 10.8. The Kier molecular flexibility index (Phi) is 11.7. The third-order valence-corrected chi connectivity index (χ3v) is 5.05. The number of ether oxygens (including phenoxy) is 3. The van der Waals surface area contributed by atoms with Crippen LogP contribution in [-0.4, -0.2) is 101 Å². The molecule has 1 unspecified atom stereocenters. The number of nitrogens with one attached hydrogen (secondary N) is 1. The minimum atomic E-state index is 0.650. The summed E-state index contributed by atoms with van der Waals surface area (Å²) < 4.78 is 16.6. The van der Waals surface area contributed by atoms with Gasteiger partial charge in [-0.25, -0.2) is 0 Å². The number of likely N-dealkylation sites (tertiary alicyclic amines) is 1. The van der Waals surface area contributed by atoms with E-state index >= 15 is 0 Å². The molecule has 1 N–H and O–H groups in total. The monoisotopic (exact) mass is 384 g/mol. The molecular weight excluding hydrogens is 344 g/mol. The fourth-order valence-electron chi connectivity index (χ4n) is 3.53. The van der Waals surface area contributed by atoms with Gasteiger partial charge in [-0.15, -0.1) is 0 Å². The van der Waals surface area contributed by atoms with Crippen molar-refractivity contribution in [2.24, 2.45) is 10.9 Å². The quantitative estimate of drug-likeness (QED) is 0.312. The van der Waals surface area contributed by atoms with Gasteiger partial charge in [0.05, 0.1) is 39.6 Å². The van der Waals surface area contributed by atoms with Gasteiger partial charge < -0.3 is 24.4 Å². The van der Waals surface area contributed by atoms with Gasteiger partial charge >= 0.3 is 0 Å². The molecular formula is C20H40N4O3. The zero-order chi connectivity index (χ0) is 19.2. The van der Waals surface area contributed by atoms with Gasteiger partial charge in [-0.05, 0) is 25.7 Å². The maximum Gasteiger partial charge on any atom is 0.194 e. The average Bonchev–Trinajstić information content (AvgIpc) is 3.15. The van der Waals surface area contributed by atoms with Gasteiger partial charge in [-0.2, -0.15) is 0 Å². The van der Waals surface area contributed by atoms with Crippen molar-refractivity contribution < 1.29 is 14.2 Å². The second kappa shape index (κ2) is 14.2. The highest BCUT2D eigenvalue weighted by Crippen LogP contribution is 2.18. The summed E-state index contributed by atoms with van der Waals surface area (Å²) in [7, 11) is 0. The summed E-state index contributed by atoms with van der Waals surface area (Å²) >= 11 is 0. The first-order valence-electron chi connectivity index (χ1n) is 10.8. The number of guanidine groups is 1. The molecule has 2 saturated heterocycles. The fraction of sp³-hybridized carbons (Fsp3) is 0.950. The van der Waals surface area contributed by atoms with Crippen molar-refractivity contribution in [3.05, 3.63) is 0 Å². The molecule has 2 aliphatic heterocycles. The van der Waals surface area contributed by atoms with Crippen LogP contribution in [0.15, 0.2) is 4.99 Å². The van der Waals surface area contributed by atoms with Crippen molar-refractivity contribution in [1.29, 1.82) is 0 Å². The molecule has 0 bridgehead atoms. The van der Waals surface area contributed by atoms with Crippen LogP contribution in [-0.2, 0) is 14.2 Å². The van der Waals surface area contributed by atoms with Crippen molar-refractivity contribution >= 4 is 5.96 Å². The number of rotatable bonds is 12. The zero-order valence-corrected chi connectivity index (χ0v) is 17.5. The van der Waals surface area contributed by atoms with E-state index in [-0.39, 0.29) is 0 Å². The predicted molar refractivity (Wildman–Crippen MR) is 109 cm³/mol. The van der Waals surface area contributed by atoms with Gasteiger partial charge in [-0.3, -0.25) is 9.89 Å². The summed E-state index contributed by atoms with van der Waals surface area (Å²) in [4.78, 5) is 9.70. The van der Waals surface area contributed by atoms with Gasteiger partial charge in [0.25, 0.3) is 0 Å². The predicted octanol–water partition coefficient (Wildman–Crippen LogP) is 1.44. The lowest BCUT2D eigenvalue weighted by molar-refractivity contribution is 0.0315. The molecule has 0 radical (unpaired) electrons. The number of unbranched alkanes of at least 4 members (excludes halogenated alkanes) is 1. The average molecular weight is 385 g/mol. The largest absolute Gasteiger partial charge is 0.379 e. The second-order valence-corrected chi connectivity index (χ2v) is 7.33. The van der Waals surface area contributed by atoms with E-state index in [9.17, 15) is 0 Å². The first kappa shape index (κ1) is 22.4. The standard InChI is InChI=1S/C20H40N4O3/c1-3-5-11-25-15-16-26-12-7-22-20(21-4-2)24-8-6-19(18-24)17-23-9-13-27-14-10-23/h19H,3-18H2,1-2H3,(H,21,22). The van der Waals surface area contributed by atoms with E-state index in [0.29, 0.717) is 26.4 Å². The molecule has 0 aromatic rings. The van der Waals surface area contributed by atoms with E-state index in [1.54, 1.807) is 0 Å². The Morgan fingerprint density at radius 1 is 1.07 bits per heavy atom. The van der Waals surface area contributed by atoms with Gasteiger partial charge in [0.2, 0.25) is 0 Å². The van der Waals surface area contributed by atoms with Gasteiger partial charge in [-0.1, -0.05) is 13.3 Å². The topological polar surface area (TPSA) is 58.6 Å². The lowest BCUT2D eigenvalue weighted by Gasteiger charge is -2.29. The smallest absolute Gasteiger partial charge is 0.194 e. The van der Waals surface area contributed by atoms with Crippen LogP contribution in [0.1, 0.15) is 33.1 Å². The SMILES string of the molecule is CCCCOCCOCCN=C(NCC)N1CCC(CN2CCOCC2)C1.